The minimum atomic E-state index is -1.25. The van der Waals surface area contributed by atoms with E-state index in [1.54, 1.807) is 0 Å². The number of halogens is 2. The number of rotatable bonds is 2. The van der Waals surface area contributed by atoms with Gasteiger partial charge >= 0.3 is 5.97 Å². The molecule has 0 saturated heterocycles. The minimum Gasteiger partial charge on any atom is -0.476 e. The summed E-state index contributed by atoms with van der Waals surface area (Å²) >= 11 is 0. The lowest BCUT2D eigenvalue weighted by atomic mass is 10.1. The van der Waals surface area contributed by atoms with Crippen molar-refractivity contribution in [3.05, 3.63) is 41.1 Å². The van der Waals surface area contributed by atoms with Crippen LogP contribution in [0.25, 0.3) is 11.3 Å². The number of aryl methyl sites for hydroxylation is 2. The molecule has 2 aromatic rings. The fraction of sp³-hybridized carbons (Fsp3) is 0.167. The Morgan fingerprint density at radius 1 is 1.39 bits per heavy atom. The molecule has 1 aromatic carbocycles. The van der Waals surface area contributed by atoms with E-state index in [4.69, 9.17) is 5.11 Å². The molecule has 0 amide bonds. The molecule has 4 nitrogen and oxygen atoms in total. The zero-order valence-corrected chi connectivity index (χ0v) is 9.74. The van der Waals surface area contributed by atoms with Crippen molar-refractivity contribution >= 4 is 5.97 Å². The van der Waals surface area contributed by atoms with Crippen LogP contribution in [-0.2, 0) is 7.05 Å². The highest BCUT2D eigenvalue weighted by Gasteiger charge is 2.19. The number of nitrogens with zero attached hydrogens (tertiary/aromatic N) is 2. The average molecular weight is 252 g/mol. The summed E-state index contributed by atoms with van der Waals surface area (Å²) in [5.41, 5.74) is -0.152. The first-order chi connectivity index (χ1) is 8.41. The summed E-state index contributed by atoms with van der Waals surface area (Å²) < 4.78 is 28.7. The number of carboxylic acids is 1. The SMILES string of the molecule is Cc1ccc(F)c(-c2cc(C(=O)O)nn2C)c1F. The molecule has 1 aromatic heterocycles. The minimum absolute atomic E-state index is 0.0890. The molecule has 94 valence electrons. The van der Waals surface area contributed by atoms with Crippen LogP contribution in [0.4, 0.5) is 8.78 Å². The van der Waals surface area contributed by atoms with E-state index >= 15 is 0 Å². The van der Waals surface area contributed by atoms with Crippen molar-refractivity contribution in [2.24, 2.45) is 7.05 Å². The Morgan fingerprint density at radius 2 is 2.06 bits per heavy atom. The Morgan fingerprint density at radius 3 is 2.61 bits per heavy atom. The zero-order valence-electron chi connectivity index (χ0n) is 9.74. The van der Waals surface area contributed by atoms with Crippen molar-refractivity contribution in [2.45, 2.75) is 6.92 Å². The molecule has 0 aliphatic rings. The monoisotopic (exact) mass is 252 g/mol. The van der Waals surface area contributed by atoms with Gasteiger partial charge in [0.25, 0.3) is 0 Å². The first kappa shape index (κ1) is 12.2. The van der Waals surface area contributed by atoms with E-state index in [-0.39, 0.29) is 22.5 Å². The molecule has 6 heteroatoms. The van der Waals surface area contributed by atoms with Crippen molar-refractivity contribution in [1.82, 2.24) is 9.78 Å². The topological polar surface area (TPSA) is 55.1 Å². The molecular weight excluding hydrogens is 242 g/mol. The van der Waals surface area contributed by atoms with E-state index in [2.05, 4.69) is 5.10 Å². The van der Waals surface area contributed by atoms with E-state index < -0.39 is 17.6 Å². The Balaban J connectivity index is 2.69. The fourth-order valence-corrected chi connectivity index (χ4v) is 1.70. The molecule has 0 atom stereocenters. The lowest BCUT2D eigenvalue weighted by Gasteiger charge is -2.07. The maximum Gasteiger partial charge on any atom is 0.356 e. The third-order valence-corrected chi connectivity index (χ3v) is 2.64. The number of aromatic carboxylic acids is 1. The summed E-state index contributed by atoms with van der Waals surface area (Å²) in [6, 6.07) is 3.60. The van der Waals surface area contributed by atoms with Gasteiger partial charge in [-0.15, -0.1) is 0 Å². The van der Waals surface area contributed by atoms with Gasteiger partial charge in [-0.1, -0.05) is 6.07 Å². The zero-order chi connectivity index (χ0) is 13.4. The average Bonchev–Trinajstić information content (AvgIpc) is 2.67. The molecule has 0 saturated carbocycles. The Kier molecular flexibility index (Phi) is 2.86. The normalized spacial score (nSPS) is 10.7. The van der Waals surface area contributed by atoms with Crippen LogP contribution in [0.15, 0.2) is 18.2 Å². The van der Waals surface area contributed by atoms with E-state index in [1.807, 2.05) is 0 Å². The predicted octanol–water partition coefficient (Wildman–Crippen LogP) is 2.37. The molecule has 1 N–H and O–H groups in total. The second kappa shape index (κ2) is 4.21. The quantitative estimate of drug-likeness (QED) is 0.892. The van der Waals surface area contributed by atoms with Gasteiger partial charge in [-0.2, -0.15) is 5.10 Å². The number of carboxylic acid groups (broad SMARTS) is 1. The molecule has 2 rings (SSSR count). The van der Waals surface area contributed by atoms with Gasteiger partial charge in [-0.3, -0.25) is 4.68 Å². The highest BCUT2D eigenvalue weighted by molar-refractivity contribution is 5.87. The summed E-state index contributed by atoms with van der Waals surface area (Å²) in [4.78, 5) is 10.8. The van der Waals surface area contributed by atoms with E-state index in [0.29, 0.717) is 0 Å². The van der Waals surface area contributed by atoms with Gasteiger partial charge in [0.05, 0.1) is 11.3 Å². The van der Waals surface area contributed by atoms with E-state index in [1.165, 1.54) is 20.0 Å². The third kappa shape index (κ3) is 1.85. The Hall–Kier alpha value is -2.24. The summed E-state index contributed by atoms with van der Waals surface area (Å²) in [7, 11) is 1.43. The largest absolute Gasteiger partial charge is 0.476 e. The second-order valence-electron chi connectivity index (χ2n) is 3.90. The number of benzene rings is 1. The van der Waals surface area contributed by atoms with E-state index in [0.717, 1.165) is 16.8 Å². The first-order valence-corrected chi connectivity index (χ1v) is 5.14. The van der Waals surface area contributed by atoms with E-state index in [9.17, 15) is 13.6 Å². The van der Waals surface area contributed by atoms with Crippen LogP contribution in [0.2, 0.25) is 0 Å². The van der Waals surface area contributed by atoms with Crippen LogP contribution in [0, 0.1) is 18.6 Å². The van der Waals surface area contributed by atoms with Crippen molar-refractivity contribution in [3.63, 3.8) is 0 Å². The smallest absolute Gasteiger partial charge is 0.356 e. The molecule has 0 spiro atoms. The van der Waals surface area contributed by atoms with Crippen LogP contribution in [0.3, 0.4) is 0 Å². The molecule has 18 heavy (non-hydrogen) atoms. The molecule has 0 unspecified atom stereocenters. The molecule has 1 heterocycles. The van der Waals surface area contributed by atoms with Gasteiger partial charge < -0.3 is 5.11 Å². The summed E-state index contributed by atoms with van der Waals surface area (Å²) in [6.07, 6.45) is 0. The van der Waals surface area contributed by atoms with Crippen LogP contribution in [0.5, 0.6) is 0 Å². The standard InChI is InChI=1S/C12H10F2N2O2/c1-6-3-4-7(13)10(11(6)14)9-5-8(12(17)18)15-16(9)2/h3-5H,1-2H3,(H,17,18). The van der Waals surface area contributed by atoms with Gasteiger partial charge in [0, 0.05) is 7.05 Å². The van der Waals surface area contributed by atoms with Crippen molar-refractivity contribution in [1.29, 1.82) is 0 Å². The highest BCUT2D eigenvalue weighted by Crippen LogP contribution is 2.28. The van der Waals surface area contributed by atoms with Crippen LogP contribution in [-0.4, -0.2) is 20.9 Å². The predicted molar refractivity (Wildman–Crippen MR) is 60.3 cm³/mol. The van der Waals surface area contributed by atoms with Gasteiger partial charge in [-0.05, 0) is 24.6 Å². The lowest BCUT2D eigenvalue weighted by molar-refractivity contribution is 0.0689. The molecule has 0 fully saturated rings. The lowest BCUT2D eigenvalue weighted by Crippen LogP contribution is -2.01. The van der Waals surface area contributed by atoms with Crippen LogP contribution >= 0.6 is 0 Å². The van der Waals surface area contributed by atoms with Gasteiger partial charge in [-0.25, -0.2) is 13.6 Å². The van der Waals surface area contributed by atoms with Gasteiger partial charge in [0.15, 0.2) is 5.69 Å². The van der Waals surface area contributed by atoms with Gasteiger partial charge in [0.1, 0.15) is 11.6 Å². The molecule has 0 aliphatic carbocycles. The van der Waals surface area contributed by atoms with Crippen molar-refractivity contribution in [2.75, 3.05) is 0 Å². The van der Waals surface area contributed by atoms with Gasteiger partial charge in [0.2, 0.25) is 0 Å². The molecule has 0 radical (unpaired) electrons. The van der Waals surface area contributed by atoms with Crippen molar-refractivity contribution < 1.29 is 18.7 Å². The molecular formula is C12H10F2N2O2. The first-order valence-electron chi connectivity index (χ1n) is 5.14. The number of aromatic nitrogens is 2. The summed E-state index contributed by atoms with van der Waals surface area (Å²) in [6.45, 7) is 1.51. The Bertz CT molecular complexity index is 635. The van der Waals surface area contributed by atoms with Crippen molar-refractivity contribution in [3.8, 4) is 11.3 Å². The summed E-state index contributed by atoms with van der Waals surface area (Å²) in [5.74, 6) is -2.71. The number of carbonyl (C=O) groups is 1. The fourth-order valence-electron chi connectivity index (χ4n) is 1.70. The molecule has 0 aliphatic heterocycles. The maximum atomic E-state index is 13.9. The number of hydrogen-bond donors (Lipinski definition) is 1. The second-order valence-corrected chi connectivity index (χ2v) is 3.90. The van der Waals surface area contributed by atoms with Crippen LogP contribution in [0.1, 0.15) is 16.1 Å². The Labute approximate surface area is 101 Å². The third-order valence-electron chi connectivity index (χ3n) is 2.64. The van der Waals surface area contributed by atoms with Crippen LogP contribution < -0.4 is 0 Å². The number of hydrogen-bond acceptors (Lipinski definition) is 2. The molecule has 0 bridgehead atoms. The maximum absolute atomic E-state index is 13.9. The highest BCUT2D eigenvalue weighted by atomic mass is 19.1. The summed E-state index contributed by atoms with van der Waals surface area (Å²) in [5, 5.41) is 12.5.